The summed E-state index contributed by atoms with van der Waals surface area (Å²) < 4.78 is 10.9. The largest absolute Gasteiger partial charge is 0.493 e. The Bertz CT molecular complexity index is 419. The number of hydrogen-bond acceptors (Lipinski definition) is 4. The van der Waals surface area contributed by atoms with E-state index >= 15 is 0 Å². The van der Waals surface area contributed by atoms with E-state index in [-0.39, 0.29) is 5.91 Å². The molecule has 0 saturated carbocycles. The predicted molar refractivity (Wildman–Crippen MR) is 74.6 cm³/mol. The number of ether oxygens (including phenoxy) is 2. The number of rotatable bonds is 7. The predicted octanol–water partition coefficient (Wildman–Crippen LogP) is 1.27. The first-order valence-corrected chi connectivity index (χ1v) is 6.23. The van der Waals surface area contributed by atoms with Crippen LogP contribution < -0.4 is 14.8 Å². The van der Waals surface area contributed by atoms with Crippen molar-refractivity contribution in [2.45, 2.75) is 13.0 Å². The molecule has 0 fully saturated rings. The minimum atomic E-state index is 0.0466. The molecule has 0 unspecified atom stereocenters. The molecular weight excluding hydrogens is 244 g/mol. The third-order valence-corrected chi connectivity index (χ3v) is 2.68. The minimum absolute atomic E-state index is 0.0466. The molecule has 0 spiro atoms. The second kappa shape index (κ2) is 7.63. The SMILES string of the molecule is CNCc1ccc(OC)c(OCCC(=O)N(C)C)c1. The molecule has 1 rings (SSSR count). The van der Waals surface area contributed by atoms with Crippen molar-refractivity contribution in [1.82, 2.24) is 10.2 Å². The van der Waals surface area contributed by atoms with Crippen LogP contribution in [0.2, 0.25) is 0 Å². The van der Waals surface area contributed by atoms with E-state index in [4.69, 9.17) is 9.47 Å². The van der Waals surface area contributed by atoms with E-state index in [9.17, 15) is 4.79 Å². The topological polar surface area (TPSA) is 50.8 Å². The van der Waals surface area contributed by atoms with Gasteiger partial charge in [-0.15, -0.1) is 0 Å². The van der Waals surface area contributed by atoms with Crippen molar-refractivity contribution >= 4 is 5.91 Å². The summed E-state index contributed by atoms with van der Waals surface area (Å²) in [6.45, 7) is 1.10. The highest BCUT2D eigenvalue weighted by Gasteiger charge is 2.08. The van der Waals surface area contributed by atoms with Crippen molar-refractivity contribution in [2.24, 2.45) is 0 Å². The number of nitrogens with zero attached hydrogens (tertiary/aromatic N) is 1. The summed E-state index contributed by atoms with van der Waals surface area (Å²) in [6, 6.07) is 5.78. The van der Waals surface area contributed by atoms with Gasteiger partial charge in [-0.2, -0.15) is 0 Å². The Morgan fingerprint density at radius 3 is 2.63 bits per heavy atom. The lowest BCUT2D eigenvalue weighted by Gasteiger charge is -2.14. The molecule has 5 nitrogen and oxygen atoms in total. The Balaban J connectivity index is 2.64. The van der Waals surface area contributed by atoms with E-state index in [0.717, 1.165) is 12.1 Å². The third-order valence-electron chi connectivity index (χ3n) is 2.68. The first kappa shape index (κ1) is 15.3. The number of carbonyl (C=O) groups excluding carboxylic acids is 1. The van der Waals surface area contributed by atoms with Gasteiger partial charge in [-0.3, -0.25) is 4.79 Å². The van der Waals surface area contributed by atoms with Crippen LogP contribution in [0.3, 0.4) is 0 Å². The molecule has 0 aliphatic carbocycles. The van der Waals surface area contributed by atoms with Crippen molar-refractivity contribution in [3.05, 3.63) is 23.8 Å². The summed E-state index contributed by atoms with van der Waals surface area (Å²) in [5.41, 5.74) is 1.11. The molecule has 0 aliphatic rings. The number of amides is 1. The van der Waals surface area contributed by atoms with Gasteiger partial charge in [0.05, 0.1) is 20.1 Å². The van der Waals surface area contributed by atoms with Crippen molar-refractivity contribution in [1.29, 1.82) is 0 Å². The second-order valence-electron chi connectivity index (χ2n) is 4.40. The zero-order valence-electron chi connectivity index (χ0n) is 12.0. The van der Waals surface area contributed by atoms with Gasteiger partial charge in [0.2, 0.25) is 5.91 Å². The fourth-order valence-electron chi connectivity index (χ4n) is 1.62. The Labute approximate surface area is 114 Å². The molecule has 1 N–H and O–H groups in total. The molecule has 0 bridgehead atoms. The molecule has 1 amide bonds. The summed E-state index contributed by atoms with van der Waals surface area (Å²) in [5.74, 6) is 1.39. The van der Waals surface area contributed by atoms with Crippen LogP contribution in [0.15, 0.2) is 18.2 Å². The summed E-state index contributed by atoms with van der Waals surface area (Å²) >= 11 is 0. The summed E-state index contributed by atoms with van der Waals surface area (Å²) in [5, 5.41) is 3.08. The number of benzene rings is 1. The maximum atomic E-state index is 11.5. The fourth-order valence-corrected chi connectivity index (χ4v) is 1.62. The van der Waals surface area contributed by atoms with Crippen molar-refractivity contribution in [2.75, 3.05) is 34.9 Å². The van der Waals surface area contributed by atoms with Crippen LogP contribution >= 0.6 is 0 Å². The van der Waals surface area contributed by atoms with Gasteiger partial charge in [-0.25, -0.2) is 0 Å². The van der Waals surface area contributed by atoms with E-state index < -0.39 is 0 Å². The van der Waals surface area contributed by atoms with Gasteiger partial charge < -0.3 is 19.7 Å². The van der Waals surface area contributed by atoms with Crippen molar-refractivity contribution < 1.29 is 14.3 Å². The van der Waals surface area contributed by atoms with Gasteiger partial charge >= 0.3 is 0 Å². The molecule has 0 aromatic heterocycles. The summed E-state index contributed by atoms with van der Waals surface area (Å²) in [7, 11) is 6.96. The Kier molecular flexibility index (Phi) is 6.15. The Morgan fingerprint density at radius 1 is 1.32 bits per heavy atom. The maximum Gasteiger partial charge on any atom is 0.225 e. The van der Waals surface area contributed by atoms with E-state index in [2.05, 4.69) is 5.32 Å². The van der Waals surface area contributed by atoms with E-state index in [1.54, 1.807) is 26.1 Å². The summed E-state index contributed by atoms with van der Waals surface area (Å²) in [6.07, 6.45) is 0.354. The molecule has 5 heteroatoms. The van der Waals surface area contributed by atoms with Crippen molar-refractivity contribution in [3.8, 4) is 11.5 Å². The molecule has 1 aromatic rings. The number of methoxy groups -OCH3 is 1. The Morgan fingerprint density at radius 2 is 2.05 bits per heavy atom. The van der Waals surface area contributed by atoms with Gasteiger partial charge in [-0.05, 0) is 24.7 Å². The molecule has 19 heavy (non-hydrogen) atoms. The first-order chi connectivity index (χ1) is 9.08. The highest BCUT2D eigenvalue weighted by Crippen LogP contribution is 2.28. The lowest BCUT2D eigenvalue weighted by atomic mass is 10.2. The van der Waals surface area contributed by atoms with Crippen LogP contribution in [0.5, 0.6) is 11.5 Å². The molecule has 0 radical (unpaired) electrons. The first-order valence-electron chi connectivity index (χ1n) is 6.23. The maximum absolute atomic E-state index is 11.5. The van der Waals surface area contributed by atoms with Gasteiger partial charge in [0.1, 0.15) is 0 Å². The quantitative estimate of drug-likeness (QED) is 0.807. The van der Waals surface area contributed by atoms with Crippen LogP contribution in [0, 0.1) is 0 Å². The van der Waals surface area contributed by atoms with Gasteiger partial charge in [0, 0.05) is 20.6 Å². The average Bonchev–Trinajstić information content (AvgIpc) is 2.39. The van der Waals surface area contributed by atoms with E-state index in [0.29, 0.717) is 24.5 Å². The van der Waals surface area contributed by atoms with Crippen LogP contribution in [-0.2, 0) is 11.3 Å². The number of hydrogen-bond donors (Lipinski definition) is 1. The van der Waals surface area contributed by atoms with Crippen LogP contribution in [0.1, 0.15) is 12.0 Å². The lowest BCUT2D eigenvalue weighted by molar-refractivity contribution is -0.129. The molecule has 0 atom stereocenters. The summed E-state index contributed by atoms with van der Waals surface area (Å²) in [4.78, 5) is 13.0. The van der Waals surface area contributed by atoms with Crippen LogP contribution in [0.4, 0.5) is 0 Å². The molecule has 0 heterocycles. The van der Waals surface area contributed by atoms with Gasteiger partial charge in [-0.1, -0.05) is 6.07 Å². The molecule has 0 saturated heterocycles. The zero-order chi connectivity index (χ0) is 14.3. The van der Waals surface area contributed by atoms with E-state index in [1.165, 1.54) is 0 Å². The standard InChI is InChI=1S/C14H22N2O3/c1-15-10-11-5-6-12(18-4)13(9-11)19-8-7-14(17)16(2)3/h5-6,9,15H,7-8,10H2,1-4H3. The normalized spacial score (nSPS) is 10.1. The fraction of sp³-hybridized carbons (Fsp3) is 0.500. The number of nitrogens with one attached hydrogen (secondary N) is 1. The molecule has 1 aromatic carbocycles. The monoisotopic (exact) mass is 266 g/mol. The van der Waals surface area contributed by atoms with Crippen molar-refractivity contribution in [3.63, 3.8) is 0 Å². The molecule has 0 aliphatic heterocycles. The highest BCUT2D eigenvalue weighted by molar-refractivity contribution is 5.75. The minimum Gasteiger partial charge on any atom is -0.493 e. The zero-order valence-corrected chi connectivity index (χ0v) is 12.0. The number of carbonyl (C=O) groups is 1. The smallest absolute Gasteiger partial charge is 0.225 e. The second-order valence-corrected chi connectivity index (χ2v) is 4.40. The van der Waals surface area contributed by atoms with E-state index in [1.807, 2.05) is 25.2 Å². The Hall–Kier alpha value is -1.75. The van der Waals surface area contributed by atoms with Gasteiger partial charge in [0.15, 0.2) is 11.5 Å². The average molecular weight is 266 g/mol. The van der Waals surface area contributed by atoms with Crippen LogP contribution in [0.25, 0.3) is 0 Å². The third kappa shape index (κ3) is 4.79. The lowest BCUT2D eigenvalue weighted by Crippen LogP contribution is -2.23. The molecular formula is C14H22N2O3. The highest BCUT2D eigenvalue weighted by atomic mass is 16.5. The van der Waals surface area contributed by atoms with Crippen LogP contribution in [-0.4, -0.2) is 45.7 Å². The van der Waals surface area contributed by atoms with Gasteiger partial charge in [0.25, 0.3) is 0 Å². The molecule has 106 valence electrons.